The Balaban J connectivity index is 1.42. The van der Waals surface area contributed by atoms with Crippen molar-refractivity contribution in [2.24, 2.45) is 0 Å². The average molecular weight is 467 g/mol. The fraction of sp³-hybridized carbons (Fsp3) is 0.179. The zero-order valence-corrected chi connectivity index (χ0v) is 19.3. The Labute approximate surface area is 203 Å². The van der Waals surface area contributed by atoms with E-state index in [1.807, 2.05) is 48.7 Å². The van der Waals surface area contributed by atoms with E-state index in [2.05, 4.69) is 45.0 Å². The molecule has 0 saturated heterocycles. The van der Waals surface area contributed by atoms with Crippen LogP contribution >= 0.6 is 11.6 Å². The smallest absolute Gasteiger partial charge is 0.129 e. The number of para-hydroxylation sites is 1. The number of hydrogen-bond acceptors (Lipinski definition) is 4. The summed E-state index contributed by atoms with van der Waals surface area (Å²) in [6.45, 7) is 1.21. The molecule has 0 unspecified atom stereocenters. The van der Waals surface area contributed by atoms with E-state index in [9.17, 15) is 0 Å². The van der Waals surface area contributed by atoms with Crippen molar-refractivity contribution in [3.63, 3.8) is 0 Å². The van der Waals surface area contributed by atoms with Gasteiger partial charge in [0.1, 0.15) is 10.8 Å². The summed E-state index contributed by atoms with van der Waals surface area (Å²) < 4.78 is 8.25. The second-order valence-corrected chi connectivity index (χ2v) is 8.92. The lowest BCUT2D eigenvalue weighted by molar-refractivity contribution is 0.0889. The third kappa shape index (κ3) is 3.87. The SMILES string of the molecule is Clc1cccc(-c2nn3c(c2-c2ccnc4ccccc24)CC[C@H]3COCc2ccccc2)n1. The summed E-state index contributed by atoms with van der Waals surface area (Å²) in [5.74, 6) is 0. The highest BCUT2D eigenvalue weighted by atomic mass is 35.5. The number of nitrogens with zero attached hydrogens (tertiary/aromatic N) is 4. The Morgan fingerprint density at radius 3 is 2.68 bits per heavy atom. The van der Waals surface area contributed by atoms with Crippen LogP contribution in [-0.4, -0.2) is 26.4 Å². The van der Waals surface area contributed by atoms with Gasteiger partial charge in [-0.2, -0.15) is 5.10 Å². The van der Waals surface area contributed by atoms with E-state index in [4.69, 9.17) is 21.4 Å². The Hall–Kier alpha value is -3.54. The minimum Gasteiger partial charge on any atom is -0.375 e. The average Bonchev–Trinajstić information content (AvgIpc) is 3.44. The van der Waals surface area contributed by atoms with Crippen molar-refractivity contribution >= 4 is 22.5 Å². The first-order chi connectivity index (χ1) is 16.8. The lowest BCUT2D eigenvalue weighted by Gasteiger charge is -2.12. The van der Waals surface area contributed by atoms with Crippen LogP contribution in [-0.2, 0) is 17.8 Å². The van der Waals surface area contributed by atoms with Crippen LogP contribution in [0, 0.1) is 0 Å². The van der Waals surface area contributed by atoms with Crippen molar-refractivity contribution in [1.29, 1.82) is 0 Å². The molecule has 0 N–H and O–H groups in total. The minimum atomic E-state index is 0.179. The van der Waals surface area contributed by atoms with Gasteiger partial charge in [0.05, 0.1) is 30.5 Å². The van der Waals surface area contributed by atoms with Gasteiger partial charge in [-0.05, 0) is 48.2 Å². The molecule has 1 atom stereocenters. The molecule has 168 valence electrons. The summed E-state index contributed by atoms with van der Waals surface area (Å²) in [6.07, 6.45) is 3.79. The van der Waals surface area contributed by atoms with Crippen LogP contribution in [0.5, 0.6) is 0 Å². The number of benzene rings is 2. The van der Waals surface area contributed by atoms with Crippen molar-refractivity contribution in [3.8, 4) is 22.5 Å². The molecular formula is C28H23ClN4O. The minimum absolute atomic E-state index is 0.179. The number of ether oxygens (including phenoxy) is 1. The molecule has 0 bridgehead atoms. The van der Waals surface area contributed by atoms with E-state index < -0.39 is 0 Å². The van der Waals surface area contributed by atoms with E-state index in [0.29, 0.717) is 18.4 Å². The second-order valence-electron chi connectivity index (χ2n) is 8.53. The fourth-order valence-electron chi connectivity index (χ4n) is 4.79. The van der Waals surface area contributed by atoms with E-state index >= 15 is 0 Å². The van der Waals surface area contributed by atoms with E-state index in [-0.39, 0.29) is 6.04 Å². The summed E-state index contributed by atoms with van der Waals surface area (Å²) in [6, 6.07) is 26.4. The molecule has 2 aromatic carbocycles. The summed E-state index contributed by atoms with van der Waals surface area (Å²) in [5.41, 5.74) is 7.20. The molecule has 0 radical (unpaired) electrons. The largest absolute Gasteiger partial charge is 0.375 e. The van der Waals surface area contributed by atoms with Gasteiger partial charge in [-0.15, -0.1) is 0 Å². The van der Waals surface area contributed by atoms with Gasteiger partial charge in [0.2, 0.25) is 0 Å². The van der Waals surface area contributed by atoms with Crippen LogP contribution < -0.4 is 0 Å². The second kappa shape index (κ2) is 9.01. The third-order valence-corrected chi connectivity index (χ3v) is 6.58. The molecule has 4 heterocycles. The molecule has 6 rings (SSSR count). The number of pyridine rings is 2. The molecule has 5 nitrogen and oxygen atoms in total. The Kier molecular flexibility index (Phi) is 5.57. The van der Waals surface area contributed by atoms with Crippen molar-refractivity contribution in [2.75, 3.05) is 6.61 Å². The Bertz CT molecular complexity index is 1460. The monoisotopic (exact) mass is 466 g/mol. The van der Waals surface area contributed by atoms with Gasteiger partial charge in [0, 0.05) is 22.8 Å². The Morgan fingerprint density at radius 2 is 1.79 bits per heavy atom. The highest BCUT2D eigenvalue weighted by Crippen LogP contribution is 2.42. The van der Waals surface area contributed by atoms with Crippen molar-refractivity contribution in [1.82, 2.24) is 19.7 Å². The van der Waals surface area contributed by atoms with Crippen LogP contribution in [0.15, 0.2) is 85.1 Å². The van der Waals surface area contributed by atoms with Crippen LogP contribution in [0.1, 0.15) is 23.7 Å². The molecule has 3 aromatic heterocycles. The standard InChI is InChI=1S/C28H23ClN4O/c29-26-12-6-11-24(31-26)28-27(22-15-16-30-23-10-5-4-9-21(22)23)25-14-13-20(33(25)32-28)18-34-17-19-7-2-1-3-8-19/h1-12,15-16,20H,13-14,17-18H2/t20-/m0/s1. The fourth-order valence-corrected chi connectivity index (χ4v) is 4.96. The highest BCUT2D eigenvalue weighted by Gasteiger charge is 2.31. The zero-order valence-electron chi connectivity index (χ0n) is 18.6. The van der Waals surface area contributed by atoms with Crippen molar-refractivity contribution in [3.05, 3.63) is 101 Å². The van der Waals surface area contributed by atoms with Gasteiger partial charge in [-0.1, -0.05) is 66.2 Å². The molecule has 0 fully saturated rings. The van der Waals surface area contributed by atoms with Gasteiger partial charge >= 0.3 is 0 Å². The molecule has 0 spiro atoms. The first kappa shape index (κ1) is 21.0. The quantitative estimate of drug-likeness (QED) is 0.267. The van der Waals surface area contributed by atoms with Gasteiger partial charge in [-0.3, -0.25) is 9.67 Å². The molecule has 1 aliphatic heterocycles. The third-order valence-electron chi connectivity index (χ3n) is 6.37. The number of hydrogen-bond donors (Lipinski definition) is 0. The summed E-state index contributed by atoms with van der Waals surface area (Å²) >= 11 is 6.26. The number of fused-ring (bicyclic) bond motifs is 2. The van der Waals surface area contributed by atoms with Crippen LogP contribution in [0.3, 0.4) is 0 Å². The predicted molar refractivity (Wildman–Crippen MR) is 135 cm³/mol. The summed E-state index contributed by atoms with van der Waals surface area (Å²) in [4.78, 5) is 9.15. The number of aromatic nitrogens is 4. The normalized spacial score (nSPS) is 15.0. The maximum absolute atomic E-state index is 6.26. The van der Waals surface area contributed by atoms with Crippen molar-refractivity contribution < 1.29 is 4.74 Å². The van der Waals surface area contributed by atoms with Gasteiger partial charge in [-0.25, -0.2) is 4.98 Å². The van der Waals surface area contributed by atoms with E-state index in [1.54, 1.807) is 6.07 Å². The summed E-state index contributed by atoms with van der Waals surface area (Å²) in [5, 5.41) is 6.65. The van der Waals surface area contributed by atoms with Crippen LogP contribution in [0.4, 0.5) is 0 Å². The molecule has 0 saturated carbocycles. The lowest BCUT2D eigenvalue weighted by atomic mass is 9.96. The Morgan fingerprint density at radius 1 is 0.941 bits per heavy atom. The summed E-state index contributed by atoms with van der Waals surface area (Å²) in [7, 11) is 0. The van der Waals surface area contributed by atoms with Gasteiger partial charge in [0.25, 0.3) is 0 Å². The molecule has 5 aromatic rings. The van der Waals surface area contributed by atoms with Crippen LogP contribution in [0.2, 0.25) is 5.15 Å². The number of rotatable bonds is 6. The molecule has 6 heteroatoms. The molecule has 0 amide bonds. The van der Waals surface area contributed by atoms with E-state index in [1.165, 1.54) is 11.3 Å². The molecular weight excluding hydrogens is 444 g/mol. The van der Waals surface area contributed by atoms with Crippen LogP contribution in [0.25, 0.3) is 33.4 Å². The predicted octanol–water partition coefficient (Wildman–Crippen LogP) is 6.52. The van der Waals surface area contributed by atoms with Crippen molar-refractivity contribution in [2.45, 2.75) is 25.5 Å². The first-order valence-corrected chi connectivity index (χ1v) is 11.9. The maximum atomic E-state index is 6.26. The maximum Gasteiger partial charge on any atom is 0.129 e. The zero-order chi connectivity index (χ0) is 22.9. The number of halogens is 1. The highest BCUT2D eigenvalue weighted by molar-refractivity contribution is 6.29. The van der Waals surface area contributed by atoms with Gasteiger partial charge < -0.3 is 4.74 Å². The molecule has 34 heavy (non-hydrogen) atoms. The molecule has 0 aliphatic carbocycles. The first-order valence-electron chi connectivity index (χ1n) is 11.5. The van der Waals surface area contributed by atoms with Gasteiger partial charge in [0.15, 0.2) is 0 Å². The van der Waals surface area contributed by atoms with E-state index in [0.717, 1.165) is 46.3 Å². The topological polar surface area (TPSA) is 52.8 Å². The molecule has 1 aliphatic rings. The lowest BCUT2D eigenvalue weighted by Crippen LogP contribution is -2.13.